The SMILES string of the molecule is CCCCC[C@H]1CC[C@H](OCC2(CCCC)CCC(C3CCCCC3)CC2)CC1. The van der Waals surface area contributed by atoms with E-state index in [4.69, 9.17) is 4.74 Å². The van der Waals surface area contributed by atoms with Crippen LogP contribution in [0.2, 0.25) is 0 Å². The molecule has 170 valence electrons. The number of ether oxygens (including phenoxy) is 1. The van der Waals surface area contributed by atoms with Crippen molar-refractivity contribution in [1.29, 1.82) is 0 Å². The van der Waals surface area contributed by atoms with Crippen LogP contribution in [-0.4, -0.2) is 12.7 Å². The van der Waals surface area contributed by atoms with E-state index >= 15 is 0 Å². The van der Waals surface area contributed by atoms with Gasteiger partial charge in [-0.2, -0.15) is 0 Å². The van der Waals surface area contributed by atoms with Crippen LogP contribution in [0.3, 0.4) is 0 Å². The zero-order valence-corrected chi connectivity index (χ0v) is 20.1. The molecule has 0 aliphatic heterocycles. The first kappa shape index (κ1) is 23.6. The summed E-state index contributed by atoms with van der Waals surface area (Å²) in [6.07, 6.45) is 29.5. The summed E-state index contributed by atoms with van der Waals surface area (Å²) in [6.45, 7) is 5.76. The van der Waals surface area contributed by atoms with E-state index in [2.05, 4.69) is 13.8 Å². The molecule has 0 saturated heterocycles. The van der Waals surface area contributed by atoms with Gasteiger partial charge in [0, 0.05) is 0 Å². The van der Waals surface area contributed by atoms with Crippen LogP contribution in [0.25, 0.3) is 0 Å². The van der Waals surface area contributed by atoms with Crippen LogP contribution in [0.4, 0.5) is 0 Å². The molecule has 0 spiro atoms. The van der Waals surface area contributed by atoms with Crippen LogP contribution in [0.15, 0.2) is 0 Å². The molecule has 1 nitrogen and oxygen atoms in total. The Labute approximate surface area is 183 Å². The molecule has 3 aliphatic rings. The zero-order chi connectivity index (χ0) is 20.4. The molecule has 3 saturated carbocycles. The monoisotopic (exact) mass is 404 g/mol. The Balaban J connectivity index is 1.41. The number of unbranched alkanes of at least 4 members (excludes halogenated alkanes) is 3. The molecule has 0 aromatic heterocycles. The zero-order valence-electron chi connectivity index (χ0n) is 20.1. The molecule has 3 aliphatic carbocycles. The van der Waals surface area contributed by atoms with Gasteiger partial charge < -0.3 is 4.74 Å². The summed E-state index contributed by atoms with van der Waals surface area (Å²) >= 11 is 0. The lowest BCUT2D eigenvalue weighted by Gasteiger charge is -2.44. The summed E-state index contributed by atoms with van der Waals surface area (Å²) in [7, 11) is 0. The van der Waals surface area contributed by atoms with Crippen LogP contribution in [0.5, 0.6) is 0 Å². The van der Waals surface area contributed by atoms with Crippen LogP contribution in [0.1, 0.15) is 142 Å². The lowest BCUT2D eigenvalue weighted by molar-refractivity contribution is -0.0565. The van der Waals surface area contributed by atoms with E-state index in [1.807, 2.05) is 0 Å². The van der Waals surface area contributed by atoms with Crippen LogP contribution in [0, 0.1) is 23.2 Å². The first-order valence-electron chi connectivity index (χ1n) is 13.9. The quantitative estimate of drug-likeness (QED) is 0.312. The van der Waals surface area contributed by atoms with Gasteiger partial charge in [-0.1, -0.05) is 84.5 Å². The maximum absolute atomic E-state index is 6.68. The summed E-state index contributed by atoms with van der Waals surface area (Å²) < 4.78 is 6.68. The molecule has 3 fully saturated rings. The Hall–Kier alpha value is -0.0400. The summed E-state index contributed by atoms with van der Waals surface area (Å²) in [5.74, 6) is 3.11. The standard InChI is InChI=1S/C28H52O/c1-3-5-8-11-24-14-16-27(17-15-24)29-23-28(20-6-4-2)21-18-26(19-22-28)25-12-9-7-10-13-25/h24-27H,3-23H2,1-2H3/t24-,26?,27-,28?. The van der Waals surface area contributed by atoms with Gasteiger partial charge in [-0.3, -0.25) is 0 Å². The maximum atomic E-state index is 6.68. The second-order valence-electron chi connectivity index (χ2n) is 11.3. The van der Waals surface area contributed by atoms with Crippen molar-refractivity contribution in [3.05, 3.63) is 0 Å². The van der Waals surface area contributed by atoms with Crippen molar-refractivity contribution in [2.75, 3.05) is 6.61 Å². The van der Waals surface area contributed by atoms with Gasteiger partial charge in [0.15, 0.2) is 0 Å². The Morgan fingerprint density at radius 3 is 2.00 bits per heavy atom. The molecule has 0 heterocycles. The van der Waals surface area contributed by atoms with Crippen molar-refractivity contribution in [1.82, 2.24) is 0 Å². The molecule has 29 heavy (non-hydrogen) atoms. The van der Waals surface area contributed by atoms with Gasteiger partial charge >= 0.3 is 0 Å². The molecular formula is C28H52O. The summed E-state index contributed by atoms with van der Waals surface area (Å²) in [4.78, 5) is 0. The topological polar surface area (TPSA) is 9.23 Å². The van der Waals surface area contributed by atoms with Gasteiger partial charge in [-0.15, -0.1) is 0 Å². The average Bonchev–Trinajstić information content (AvgIpc) is 2.78. The van der Waals surface area contributed by atoms with Gasteiger partial charge in [0.25, 0.3) is 0 Å². The first-order valence-corrected chi connectivity index (χ1v) is 13.9. The largest absolute Gasteiger partial charge is 0.378 e. The summed E-state index contributed by atoms with van der Waals surface area (Å²) in [6, 6.07) is 0. The highest BCUT2D eigenvalue weighted by atomic mass is 16.5. The average molecular weight is 405 g/mol. The van der Waals surface area contributed by atoms with E-state index in [0.717, 1.165) is 24.4 Å². The molecule has 0 amide bonds. The highest BCUT2D eigenvalue weighted by molar-refractivity contribution is 4.89. The van der Waals surface area contributed by atoms with E-state index in [0.29, 0.717) is 11.5 Å². The van der Waals surface area contributed by atoms with Crippen molar-refractivity contribution in [2.45, 2.75) is 148 Å². The molecule has 0 unspecified atom stereocenters. The first-order chi connectivity index (χ1) is 14.2. The van der Waals surface area contributed by atoms with Gasteiger partial charge in [-0.05, 0) is 81.0 Å². The van der Waals surface area contributed by atoms with E-state index < -0.39 is 0 Å². The highest BCUT2D eigenvalue weighted by Gasteiger charge is 2.38. The molecule has 0 N–H and O–H groups in total. The molecule has 0 bridgehead atoms. The van der Waals surface area contributed by atoms with E-state index in [-0.39, 0.29) is 0 Å². The van der Waals surface area contributed by atoms with Gasteiger partial charge in [0.05, 0.1) is 12.7 Å². The maximum Gasteiger partial charge on any atom is 0.0575 e. The predicted octanol–water partition coefficient (Wildman–Crippen LogP) is 9.09. The Bertz CT molecular complexity index is 408. The Kier molecular flexibility index (Phi) is 10.4. The van der Waals surface area contributed by atoms with Gasteiger partial charge in [0.2, 0.25) is 0 Å². The number of hydrogen-bond acceptors (Lipinski definition) is 1. The van der Waals surface area contributed by atoms with E-state index in [9.17, 15) is 0 Å². The Morgan fingerprint density at radius 2 is 1.34 bits per heavy atom. The van der Waals surface area contributed by atoms with Gasteiger partial charge in [0.1, 0.15) is 0 Å². The lowest BCUT2D eigenvalue weighted by Crippen LogP contribution is -2.36. The minimum Gasteiger partial charge on any atom is -0.378 e. The molecular weight excluding hydrogens is 352 g/mol. The fourth-order valence-corrected chi connectivity index (χ4v) is 6.91. The fraction of sp³-hybridized carbons (Fsp3) is 1.00. The molecule has 0 aromatic carbocycles. The second kappa shape index (κ2) is 12.7. The van der Waals surface area contributed by atoms with Crippen molar-refractivity contribution >= 4 is 0 Å². The van der Waals surface area contributed by atoms with Crippen molar-refractivity contribution in [3.63, 3.8) is 0 Å². The van der Waals surface area contributed by atoms with Crippen LogP contribution < -0.4 is 0 Å². The third kappa shape index (κ3) is 7.55. The summed E-state index contributed by atoms with van der Waals surface area (Å²) in [5, 5.41) is 0. The number of hydrogen-bond donors (Lipinski definition) is 0. The number of rotatable bonds is 11. The highest BCUT2D eigenvalue weighted by Crippen LogP contribution is 2.48. The fourth-order valence-electron chi connectivity index (χ4n) is 6.91. The molecule has 1 heteroatoms. The van der Waals surface area contributed by atoms with Crippen molar-refractivity contribution in [2.24, 2.45) is 23.2 Å². The summed E-state index contributed by atoms with van der Waals surface area (Å²) in [5.41, 5.74) is 0.527. The van der Waals surface area contributed by atoms with E-state index in [1.165, 1.54) is 128 Å². The van der Waals surface area contributed by atoms with E-state index in [1.54, 1.807) is 0 Å². The predicted molar refractivity (Wildman–Crippen MR) is 126 cm³/mol. The minimum absolute atomic E-state index is 0.527. The second-order valence-corrected chi connectivity index (χ2v) is 11.3. The van der Waals surface area contributed by atoms with Crippen LogP contribution >= 0.6 is 0 Å². The van der Waals surface area contributed by atoms with Crippen LogP contribution in [-0.2, 0) is 4.74 Å². The third-order valence-corrected chi connectivity index (χ3v) is 9.10. The van der Waals surface area contributed by atoms with Crippen molar-refractivity contribution in [3.8, 4) is 0 Å². The minimum atomic E-state index is 0.527. The smallest absolute Gasteiger partial charge is 0.0575 e. The molecule has 3 rings (SSSR count). The lowest BCUT2D eigenvalue weighted by atomic mass is 9.64. The molecule has 0 aromatic rings. The Morgan fingerprint density at radius 1 is 0.690 bits per heavy atom. The van der Waals surface area contributed by atoms with Gasteiger partial charge in [-0.25, -0.2) is 0 Å². The van der Waals surface area contributed by atoms with Crippen molar-refractivity contribution < 1.29 is 4.74 Å². The molecule has 0 radical (unpaired) electrons. The third-order valence-electron chi connectivity index (χ3n) is 9.10. The molecule has 0 atom stereocenters. The normalized spacial score (nSPS) is 34.3.